The number of nitrogens with one attached hydrogen (secondary N) is 1. The maximum Gasteiger partial charge on any atom is 0.137 e. The molecule has 1 N–H and O–H groups in total. The lowest BCUT2D eigenvalue weighted by molar-refractivity contribution is 0.275. The van der Waals surface area contributed by atoms with Crippen molar-refractivity contribution >= 4 is 0 Å². The van der Waals surface area contributed by atoms with Crippen LogP contribution in [0, 0.1) is 11.3 Å². The molecule has 3 heteroatoms. The Morgan fingerprint density at radius 3 is 2.57 bits per heavy atom. The van der Waals surface area contributed by atoms with Crippen LogP contribution in [-0.2, 0) is 0 Å². The average Bonchev–Trinajstić information content (AvgIpc) is 2.41. The third-order valence-electron chi connectivity index (χ3n) is 3.61. The topological polar surface area (TPSA) is 34.2 Å². The van der Waals surface area contributed by atoms with Crippen molar-refractivity contribution in [1.82, 2.24) is 10.3 Å². The molecule has 0 aromatic carbocycles. The van der Waals surface area contributed by atoms with Crippen LogP contribution >= 0.6 is 0 Å². The Morgan fingerprint density at radius 1 is 1.29 bits per heavy atom. The van der Waals surface area contributed by atoms with Gasteiger partial charge in [0.05, 0.1) is 13.3 Å². The fraction of sp³-hybridized carbons (Fsp3) is 0.722. The first-order valence-electron chi connectivity index (χ1n) is 8.08. The van der Waals surface area contributed by atoms with Crippen LogP contribution in [0.2, 0.25) is 0 Å². The number of pyridine rings is 1. The summed E-state index contributed by atoms with van der Waals surface area (Å²) >= 11 is 0. The second-order valence-corrected chi connectivity index (χ2v) is 7.27. The zero-order chi connectivity index (χ0) is 15.9. The van der Waals surface area contributed by atoms with E-state index in [4.69, 9.17) is 4.74 Å². The fourth-order valence-corrected chi connectivity index (χ4v) is 2.92. The standard InChI is InChI=1S/C18H32N2O/c1-7-8-20-17(9-14(2)11-18(3,4)5)15-10-16(21-6)13-19-12-15/h10,12-14,17,20H,7-9,11H2,1-6H3. The molecule has 0 spiro atoms. The van der Waals surface area contributed by atoms with Crippen LogP contribution in [0.4, 0.5) is 0 Å². The van der Waals surface area contributed by atoms with Gasteiger partial charge in [0.1, 0.15) is 5.75 Å². The summed E-state index contributed by atoms with van der Waals surface area (Å²) in [6.45, 7) is 12.5. The molecule has 0 amide bonds. The van der Waals surface area contributed by atoms with Crippen molar-refractivity contribution < 1.29 is 4.74 Å². The van der Waals surface area contributed by atoms with Gasteiger partial charge in [-0.3, -0.25) is 4.98 Å². The highest BCUT2D eigenvalue weighted by Gasteiger charge is 2.20. The van der Waals surface area contributed by atoms with Gasteiger partial charge in [0, 0.05) is 12.2 Å². The highest BCUT2D eigenvalue weighted by atomic mass is 16.5. The van der Waals surface area contributed by atoms with Crippen molar-refractivity contribution in [3.63, 3.8) is 0 Å². The summed E-state index contributed by atoms with van der Waals surface area (Å²) in [5.74, 6) is 1.50. The van der Waals surface area contributed by atoms with Crippen LogP contribution in [-0.4, -0.2) is 18.6 Å². The van der Waals surface area contributed by atoms with Gasteiger partial charge in [0.15, 0.2) is 0 Å². The largest absolute Gasteiger partial charge is 0.495 e. The number of aromatic nitrogens is 1. The third-order valence-corrected chi connectivity index (χ3v) is 3.61. The smallest absolute Gasteiger partial charge is 0.137 e. The molecule has 0 saturated heterocycles. The van der Waals surface area contributed by atoms with E-state index in [1.54, 1.807) is 13.3 Å². The molecule has 0 fully saturated rings. The summed E-state index contributed by atoms with van der Waals surface area (Å²) in [4.78, 5) is 4.30. The molecule has 0 aliphatic carbocycles. The summed E-state index contributed by atoms with van der Waals surface area (Å²) in [5.41, 5.74) is 1.60. The minimum Gasteiger partial charge on any atom is -0.495 e. The van der Waals surface area contributed by atoms with Crippen LogP contribution in [0.15, 0.2) is 18.5 Å². The molecule has 0 bridgehead atoms. The van der Waals surface area contributed by atoms with Gasteiger partial charge in [0.2, 0.25) is 0 Å². The highest BCUT2D eigenvalue weighted by Crippen LogP contribution is 2.31. The fourth-order valence-electron chi connectivity index (χ4n) is 2.92. The number of hydrogen-bond donors (Lipinski definition) is 1. The number of hydrogen-bond acceptors (Lipinski definition) is 3. The monoisotopic (exact) mass is 292 g/mol. The van der Waals surface area contributed by atoms with Crippen molar-refractivity contribution in [2.45, 2.75) is 59.9 Å². The third kappa shape index (κ3) is 6.94. The van der Waals surface area contributed by atoms with Crippen LogP contribution in [0.25, 0.3) is 0 Å². The molecule has 0 radical (unpaired) electrons. The molecule has 1 aromatic rings. The minimum absolute atomic E-state index is 0.352. The highest BCUT2D eigenvalue weighted by molar-refractivity contribution is 5.26. The lowest BCUT2D eigenvalue weighted by Gasteiger charge is -2.27. The van der Waals surface area contributed by atoms with Crippen molar-refractivity contribution in [2.24, 2.45) is 11.3 Å². The molecular formula is C18H32N2O. The molecule has 3 nitrogen and oxygen atoms in total. The Hall–Kier alpha value is -1.09. The Labute approximate surface area is 130 Å². The molecule has 120 valence electrons. The summed E-state index contributed by atoms with van der Waals surface area (Å²) in [7, 11) is 1.69. The quantitative estimate of drug-likeness (QED) is 0.760. The maximum absolute atomic E-state index is 5.30. The predicted molar refractivity (Wildman–Crippen MR) is 89.7 cm³/mol. The Kier molecular flexibility index (Phi) is 7.16. The SMILES string of the molecule is CCCNC(CC(C)CC(C)(C)C)c1cncc(OC)c1. The van der Waals surface area contributed by atoms with Gasteiger partial charge in [-0.2, -0.15) is 0 Å². The van der Waals surface area contributed by atoms with E-state index in [-0.39, 0.29) is 0 Å². The van der Waals surface area contributed by atoms with E-state index in [1.807, 2.05) is 6.20 Å². The number of rotatable bonds is 8. The normalized spacial score (nSPS) is 14.8. The Balaban J connectivity index is 2.79. The van der Waals surface area contributed by atoms with E-state index in [1.165, 1.54) is 12.0 Å². The maximum atomic E-state index is 5.30. The second kappa shape index (κ2) is 8.38. The van der Waals surface area contributed by atoms with E-state index in [2.05, 4.69) is 51.0 Å². The van der Waals surface area contributed by atoms with Crippen molar-refractivity contribution in [3.05, 3.63) is 24.0 Å². The molecule has 1 heterocycles. The van der Waals surface area contributed by atoms with Crippen LogP contribution in [0.5, 0.6) is 5.75 Å². The summed E-state index contributed by atoms with van der Waals surface area (Å²) in [6, 6.07) is 2.45. The van der Waals surface area contributed by atoms with Gasteiger partial charge < -0.3 is 10.1 Å². The van der Waals surface area contributed by atoms with Gasteiger partial charge >= 0.3 is 0 Å². The average molecular weight is 292 g/mol. The van der Waals surface area contributed by atoms with E-state index in [0.29, 0.717) is 17.4 Å². The summed E-state index contributed by atoms with van der Waals surface area (Å²) in [5, 5.41) is 3.66. The van der Waals surface area contributed by atoms with Gasteiger partial charge in [-0.25, -0.2) is 0 Å². The molecule has 0 aliphatic rings. The van der Waals surface area contributed by atoms with E-state index >= 15 is 0 Å². The Morgan fingerprint density at radius 2 is 2.00 bits per heavy atom. The lowest BCUT2D eigenvalue weighted by atomic mass is 9.82. The van der Waals surface area contributed by atoms with Crippen molar-refractivity contribution in [3.8, 4) is 5.75 Å². The molecular weight excluding hydrogens is 260 g/mol. The Bertz CT molecular complexity index is 412. The van der Waals surface area contributed by atoms with Crippen LogP contribution < -0.4 is 10.1 Å². The molecule has 1 rings (SSSR count). The number of nitrogens with zero attached hydrogens (tertiary/aromatic N) is 1. The number of ether oxygens (including phenoxy) is 1. The van der Waals surface area contributed by atoms with E-state index in [0.717, 1.165) is 25.1 Å². The first-order valence-corrected chi connectivity index (χ1v) is 8.08. The molecule has 2 unspecified atom stereocenters. The zero-order valence-corrected chi connectivity index (χ0v) is 14.6. The minimum atomic E-state index is 0.352. The second-order valence-electron chi connectivity index (χ2n) is 7.27. The lowest BCUT2D eigenvalue weighted by Crippen LogP contribution is -2.25. The summed E-state index contributed by atoms with van der Waals surface area (Å²) < 4.78 is 5.30. The van der Waals surface area contributed by atoms with Crippen molar-refractivity contribution in [2.75, 3.05) is 13.7 Å². The predicted octanol–water partition coefficient (Wildman–Crippen LogP) is 4.59. The first-order chi connectivity index (χ1) is 9.85. The first kappa shape index (κ1) is 18.0. The van der Waals surface area contributed by atoms with Gasteiger partial charge in [-0.1, -0.05) is 34.6 Å². The summed E-state index contributed by atoms with van der Waals surface area (Å²) in [6.07, 6.45) is 7.22. The molecule has 1 aromatic heterocycles. The van der Waals surface area contributed by atoms with Gasteiger partial charge in [-0.05, 0) is 48.8 Å². The van der Waals surface area contributed by atoms with E-state index in [9.17, 15) is 0 Å². The molecule has 21 heavy (non-hydrogen) atoms. The zero-order valence-electron chi connectivity index (χ0n) is 14.6. The number of methoxy groups -OCH3 is 1. The van der Waals surface area contributed by atoms with Gasteiger partial charge in [-0.15, -0.1) is 0 Å². The van der Waals surface area contributed by atoms with Gasteiger partial charge in [0.25, 0.3) is 0 Å². The molecule has 0 aliphatic heterocycles. The van der Waals surface area contributed by atoms with Crippen LogP contribution in [0.3, 0.4) is 0 Å². The van der Waals surface area contributed by atoms with Crippen LogP contribution in [0.1, 0.15) is 65.5 Å². The molecule has 2 atom stereocenters. The van der Waals surface area contributed by atoms with Crippen molar-refractivity contribution in [1.29, 1.82) is 0 Å². The molecule has 0 saturated carbocycles. The van der Waals surface area contributed by atoms with E-state index < -0.39 is 0 Å².